The highest BCUT2D eigenvalue weighted by atomic mass is 16.2. The molecule has 1 aromatic heterocycles. The molecule has 0 bridgehead atoms. The summed E-state index contributed by atoms with van der Waals surface area (Å²) in [5, 5.41) is 5.33. The van der Waals surface area contributed by atoms with Crippen molar-refractivity contribution < 1.29 is 4.79 Å². The Morgan fingerprint density at radius 3 is 2.44 bits per heavy atom. The number of H-pyrrole nitrogens is 1. The fraction of sp³-hybridized carbons (Fsp3) is 0.0952. The van der Waals surface area contributed by atoms with E-state index in [1.165, 1.54) is 4.57 Å². The van der Waals surface area contributed by atoms with Crippen LogP contribution in [-0.2, 0) is 11.3 Å². The molecule has 0 radical (unpaired) electrons. The Balaban J connectivity index is 1.58. The van der Waals surface area contributed by atoms with Crippen molar-refractivity contribution in [3.63, 3.8) is 0 Å². The third kappa shape index (κ3) is 3.25. The zero-order valence-corrected chi connectivity index (χ0v) is 14.4. The molecule has 4 rings (SSSR count). The Hall–Kier alpha value is -3.67. The molecule has 27 heavy (non-hydrogen) atoms. The normalized spacial score (nSPS) is 11.0. The number of para-hydroxylation sites is 1. The number of carbonyl (C=O) groups excluding carboxylic acids is 1. The number of aromatic nitrogens is 2. The van der Waals surface area contributed by atoms with Crippen molar-refractivity contribution in [1.82, 2.24) is 9.55 Å². The lowest BCUT2D eigenvalue weighted by Gasteiger charge is -2.11. The summed E-state index contributed by atoms with van der Waals surface area (Å²) < 4.78 is 1.42. The molecule has 4 aromatic rings. The van der Waals surface area contributed by atoms with Crippen LogP contribution in [0, 0.1) is 0 Å². The highest BCUT2D eigenvalue weighted by molar-refractivity contribution is 6.02. The van der Waals surface area contributed by atoms with E-state index < -0.39 is 11.2 Å². The van der Waals surface area contributed by atoms with Crippen LogP contribution in [0.2, 0.25) is 0 Å². The van der Waals surface area contributed by atoms with Crippen LogP contribution in [0.3, 0.4) is 0 Å². The second kappa shape index (κ2) is 6.92. The molecule has 0 saturated heterocycles. The number of nitrogens with one attached hydrogen (secondary N) is 2. The molecule has 1 heterocycles. The minimum atomic E-state index is -0.517. The van der Waals surface area contributed by atoms with Crippen LogP contribution >= 0.6 is 0 Å². The van der Waals surface area contributed by atoms with E-state index in [0.717, 1.165) is 16.5 Å². The molecule has 3 aromatic carbocycles. The van der Waals surface area contributed by atoms with Crippen LogP contribution in [0.1, 0.15) is 6.42 Å². The largest absolute Gasteiger partial charge is 0.328 e. The number of fused-ring (bicyclic) bond motifs is 2. The lowest BCUT2D eigenvalue weighted by atomic mass is 10.1. The van der Waals surface area contributed by atoms with Gasteiger partial charge in [-0.1, -0.05) is 48.5 Å². The van der Waals surface area contributed by atoms with Crippen molar-refractivity contribution in [1.29, 1.82) is 0 Å². The third-order valence-corrected chi connectivity index (χ3v) is 4.53. The van der Waals surface area contributed by atoms with E-state index >= 15 is 0 Å². The Kier molecular flexibility index (Phi) is 4.30. The van der Waals surface area contributed by atoms with Crippen molar-refractivity contribution >= 4 is 33.3 Å². The molecule has 0 unspecified atom stereocenters. The first-order chi connectivity index (χ1) is 13.1. The number of hydrogen-bond acceptors (Lipinski definition) is 3. The van der Waals surface area contributed by atoms with Gasteiger partial charge in [-0.05, 0) is 23.6 Å². The van der Waals surface area contributed by atoms with Crippen LogP contribution in [-0.4, -0.2) is 15.5 Å². The minimum absolute atomic E-state index is 0.110. The van der Waals surface area contributed by atoms with E-state index in [-0.39, 0.29) is 18.9 Å². The SMILES string of the molecule is O=C(CCn1c(=O)[nH]c(=O)c2ccccc21)Nc1cccc2ccccc12. The molecular formula is C21H17N3O3. The van der Waals surface area contributed by atoms with Gasteiger partial charge in [0.05, 0.1) is 10.9 Å². The van der Waals surface area contributed by atoms with Gasteiger partial charge < -0.3 is 5.32 Å². The van der Waals surface area contributed by atoms with Crippen molar-refractivity contribution in [2.24, 2.45) is 0 Å². The van der Waals surface area contributed by atoms with Gasteiger partial charge in [-0.2, -0.15) is 0 Å². The molecule has 0 saturated carbocycles. The number of anilines is 1. The maximum Gasteiger partial charge on any atom is 0.328 e. The van der Waals surface area contributed by atoms with Crippen molar-refractivity contribution in [3.8, 4) is 0 Å². The van der Waals surface area contributed by atoms with Gasteiger partial charge in [-0.25, -0.2) is 4.79 Å². The maximum absolute atomic E-state index is 12.4. The Labute approximate surface area is 154 Å². The predicted octanol–water partition coefficient (Wildman–Crippen LogP) is 2.87. The highest BCUT2D eigenvalue weighted by Crippen LogP contribution is 2.23. The molecule has 2 N–H and O–H groups in total. The van der Waals surface area contributed by atoms with E-state index in [1.807, 2.05) is 42.5 Å². The summed E-state index contributed by atoms with van der Waals surface area (Å²) in [6.45, 7) is 0.173. The molecule has 6 heteroatoms. The van der Waals surface area contributed by atoms with Gasteiger partial charge in [0.2, 0.25) is 5.91 Å². The van der Waals surface area contributed by atoms with Crippen LogP contribution in [0.25, 0.3) is 21.7 Å². The number of carbonyl (C=O) groups is 1. The number of aryl methyl sites for hydroxylation is 1. The monoisotopic (exact) mass is 359 g/mol. The van der Waals surface area contributed by atoms with Crippen molar-refractivity contribution in [2.45, 2.75) is 13.0 Å². The summed E-state index contributed by atoms with van der Waals surface area (Å²) in [7, 11) is 0. The summed E-state index contributed by atoms with van der Waals surface area (Å²) in [5.74, 6) is -0.200. The number of aromatic amines is 1. The fourth-order valence-corrected chi connectivity index (χ4v) is 3.22. The molecule has 0 aliphatic heterocycles. The molecule has 0 spiro atoms. The average molecular weight is 359 g/mol. The molecule has 1 amide bonds. The smallest absolute Gasteiger partial charge is 0.325 e. The molecule has 0 aliphatic carbocycles. The van der Waals surface area contributed by atoms with Crippen LogP contribution in [0.15, 0.2) is 76.3 Å². The second-order valence-corrected chi connectivity index (χ2v) is 6.25. The van der Waals surface area contributed by atoms with Crippen molar-refractivity contribution in [3.05, 3.63) is 87.6 Å². The fourth-order valence-electron chi connectivity index (χ4n) is 3.22. The van der Waals surface area contributed by atoms with E-state index in [9.17, 15) is 14.4 Å². The zero-order valence-electron chi connectivity index (χ0n) is 14.4. The first-order valence-corrected chi connectivity index (χ1v) is 8.63. The lowest BCUT2D eigenvalue weighted by Crippen LogP contribution is -2.31. The summed E-state index contributed by atoms with van der Waals surface area (Å²) in [6, 6.07) is 20.4. The lowest BCUT2D eigenvalue weighted by molar-refractivity contribution is -0.116. The van der Waals surface area contributed by atoms with Gasteiger partial charge in [0.1, 0.15) is 0 Å². The average Bonchev–Trinajstić information content (AvgIpc) is 2.68. The number of nitrogens with zero attached hydrogens (tertiary/aromatic N) is 1. The number of hydrogen-bond donors (Lipinski definition) is 2. The predicted molar refractivity (Wildman–Crippen MR) is 106 cm³/mol. The summed E-state index contributed by atoms with van der Waals surface area (Å²) in [6.07, 6.45) is 0.110. The Morgan fingerprint density at radius 2 is 1.59 bits per heavy atom. The topological polar surface area (TPSA) is 84.0 Å². The quantitative estimate of drug-likeness (QED) is 0.588. The first-order valence-electron chi connectivity index (χ1n) is 8.63. The van der Waals surface area contributed by atoms with E-state index in [0.29, 0.717) is 10.9 Å². The highest BCUT2D eigenvalue weighted by Gasteiger charge is 2.10. The van der Waals surface area contributed by atoms with Gasteiger partial charge in [0.15, 0.2) is 0 Å². The zero-order chi connectivity index (χ0) is 18.8. The third-order valence-electron chi connectivity index (χ3n) is 4.53. The van der Waals surface area contributed by atoms with E-state index in [2.05, 4.69) is 10.3 Å². The van der Waals surface area contributed by atoms with Crippen molar-refractivity contribution in [2.75, 3.05) is 5.32 Å². The summed E-state index contributed by atoms with van der Waals surface area (Å²) in [4.78, 5) is 38.8. The van der Waals surface area contributed by atoms with Gasteiger partial charge in [0, 0.05) is 24.0 Å². The molecule has 0 fully saturated rings. The number of amides is 1. The summed E-state index contributed by atoms with van der Waals surface area (Å²) >= 11 is 0. The van der Waals surface area contributed by atoms with Crippen LogP contribution in [0.5, 0.6) is 0 Å². The standard InChI is InChI=1S/C21H17N3O3/c25-19(22-17-10-5-7-14-6-1-2-8-15(14)17)12-13-24-18-11-4-3-9-16(18)20(26)23-21(24)27/h1-11H,12-13H2,(H,22,25)(H,23,26,27). The summed E-state index contributed by atoms with van der Waals surface area (Å²) in [5.41, 5.74) is 0.310. The molecule has 134 valence electrons. The second-order valence-electron chi connectivity index (χ2n) is 6.25. The first kappa shape index (κ1) is 16.8. The van der Waals surface area contributed by atoms with Gasteiger partial charge >= 0.3 is 5.69 Å². The van der Waals surface area contributed by atoms with E-state index in [1.54, 1.807) is 24.3 Å². The van der Waals surface area contributed by atoms with Crippen LogP contribution in [0.4, 0.5) is 5.69 Å². The molecular weight excluding hydrogens is 342 g/mol. The van der Waals surface area contributed by atoms with Gasteiger partial charge in [0.25, 0.3) is 5.56 Å². The Morgan fingerprint density at radius 1 is 0.889 bits per heavy atom. The number of rotatable bonds is 4. The minimum Gasteiger partial charge on any atom is -0.325 e. The molecule has 0 aliphatic rings. The Bertz CT molecular complexity index is 1270. The molecule has 6 nitrogen and oxygen atoms in total. The maximum atomic E-state index is 12.4. The number of benzene rings is 3. The van der Waals surface area contributed by atoms with Gasteiger partial charge in [-0.15, -0.1) is 0 Å². The van der Waals surface area contributed by atoms with Gasteiger partial charge in [-0.3, -0.25) is 19.1 Å². The molecule has 0 atom stereocenters. The van der Waals surface area contributed by atoms with E-state index in [4.69, 9.17) is 0 Å². The van der Waals surface area contributed by atoms with Crippen LogP contribution < -0.4 is 16.6 Å².